The SMILES string of the molecule is Cc1cnn(CC(=O)N[C@H](c2ccc(F)cc2)[C@H]2CCCO2)c1. The highest BCUT2D eigenvalue weighted by Gasteiger charge is 2.28. The molecule has 0 aliphatic carbocycles. The van der Waals surface area contributed by atoms with Gasteiger partial charge in [-0.15, -0.1) is 0 Å². The molecule has 122 valence electrons. The van der Waals surface area contributed by atoms with E-state index in [1.165, 1.54) is 12.1 Å². The Kier molecular flexibility index (Phi) is 4.71. The normalized spacial score (nSPS) is 18.8. The van der Waals surface area contributed by atoms with Gasteiger partial charge < -0.3 is 10.1 Å². The Bertz CT molecular complexity index is 663. The molecule has 5 nitrogen and oxygen atoms in total. The molecule has 1 N–H and O–H groups in total. The standard InChI is InChI=1S/C17H20FN3O2/c1-12-9-19-21(10-12)11-16(22)20-17(15-3-2-8-23-15)13-4-6-14(18)7-5-13/h4-7,9-10,15,17H,2-3,8,11H2,1H3,(H,20,22)/t15-,17-/m1/s1. The number of ether oxygens (including phenoxy) is 1. The molecule has 3 rings (SSSR count). The summed E-state index contributed by atoms with van der Waals surface area (Å²) in [7, 11) is 0. The number of benzene rings is 1. The number of hydrogen-bond donors (Lipinski definition) is 1. The molecule has 2 aromatic rings. The van der Waals surface area contributed by atoms with Crippen molar-refractivity contribution in [2.45, 2.75) is 38.5 Å². The zero-order valence-corrected chi connectivity index (χ0v) is 13.0. The van der Waals surface area contributed by atoms with Crippen LogP contribution in [-0.2, 0) is 16.1 Å². The van der Waals surface area contributed by atoms with Crippen molar-refractivity contribution in [2.24, 2.45) is 0 Å². The summed E-state index contributed by atoms with van der Waals surface area (Å²) < 4.78 is 20.5. The highest BCUT2D eigenvalue weighted by Crippen LogP contribution is 2.27. The van der Waals surface area contributed by atoms with E-state index < -0.39 is 0 Å². The number of rotatable bonds is 5. The van der Waals surface area contributed by atoms with Gasteiger partial charge in [0.2, 0.25) is 5.91 Å². The molecule has 0 spiro atoms. The molecule has 6 heteroatoms. The van der Waals surface area contributed by atoms with Gasteiger partial charge in [-0.2, -0.15) is 5.10 Å². The van der Waals surface area contributed by atoms with Gasteiger partial charge in [-0.1, -0.05) is 12.1 Å². The molecule has 0 bridgehead atoms. The van der Waals surface area contributed by atoms with Gasteiger partial charge in [-0.3, -0.25) is 9.48 Å². The maximum atomic E-state index is 13.1. The Balaban J connectivity index is 1.72. The first-order valence-electron chi connectivity index (χ1n) is 7.77. The molecule has 1 aromatic carbocycles. The van der Waals surface area contributed by atoms with Gasteiger partial charge in [0.15, 0.2) is 0 Å². The number of halogens is 1. The predicted octanol–water partition coefficient (Wildman–Crippen LogP) is 2.37. The molecule has 2 atom stereocenters. The molecule has 0 saturated carbocycles. The van der Waals surface area contributed by atoms with E-state index in [4.69, 9.17) is 4.74 Å². The third-order valence-corrected chi connectivity index (χ3v) is 3.95. The van der Waals surface area contributed by atoms with Gasteiger partial charge >= 0.3 is 0 Å². The van der Waals surface area contributed by atoms with E-state index in [1.807, 2.05) is 13.1 Å². The quantitative estimate of drug-likeness (QED) is 0.921. The monoisotopic (exact) mass is 317 g/mol. The number of aromatic nitrogens is 2. The highest BCUT2D eigenvalue weighted by atomic mass is 19.1. The molecule has 1 saturated heterocycles. The number of nitrogens with one attached hydrogen (secondary N) is 1. The summed E-state index contributed by atoms with van der Waals surface area (Å²) >= 11 is 0. The summed E-state index contributed by atoms with van der Waals surface area (Å²) in [5.41, 5.74) is 1.86. The maximum Gasteiger partial charge on any atom is 0.242 e. The van der Waals surface area contributed by atoms with Gasteiger partial charge in [0.05, 0.1) is 18.3 Å². The molecule has 1 aliphatic rings. The lowest BCUT2D eigenvalue weighted by atomic mass is 9.99. The van der Waals surface area contributed by atoms with Crippen molar-refractivity contribution in [3.05, 3.63) is 53.6 Å². The van der Waals surface area contributed by atoms with Crippen LogP contribution in [0, 0.1) is 12.7 Å². The van der Waals surface area contributed by atoms with Gasteiger partial charge in [0.25, 0.3) is 0 Å². The molecule has 0 radical (unpaired) electrons. The van der Waals surface area contributed by atoms with E-state index in [2.05, 4.69) is 10.4 Å². The zero-order chi connectivity index (χ0) is 16.2. The van der Waals surface area contributed by atoms with Crippen molar-refractivity contribution >= 4 is 5.91 Å². The van der Waals surface area contributed by atoms with Crippen LogP contribution in [0.25, 0.3) is 0 Å². The van der Waals surface area contributed by atoms with Crippen LogP contribution in [-0.4, -0.2) is 28.4 Å². The molecule has 1 fully saturated rings. The maximum absolute atomic E-state index is 13.1. The first-order valence-corrected chi connectivity index (χ1v) is 7.77. The van der Waals surface area contributed by atoms with Crippen molar-refractivity contribution in [1.82, 2.24) is 15.1 Å². The minimum atomic E-state index is -0.293. The summed E-state index contributed by atoms with van der Waals surface area (Å²) in [6, 6.07) is 5.92. The fourth-order valence-electron chi connectivity index (χ4n) is 2.85. The van der Waals surface area contributed by atoms with Crippen molar-refractivity contribution in [3.63, 3.8) is 0 Å². The van der Waals surface area contributed by atoms with Crippen LogP contribution >= 0.6 is 0 Å². The van der Waals surface area contributed by atoms with Gasteiger partial charge in [0, 0.05) is 12.8 Å². The average Bonchev–Trinajstić information content (AvgIpc) is 3.18. The number of hydrogen-bond acceptors (Lipinski definition) is 3. The average molecular weight is 317 g/mol. The Morgan fingerprint density at radius 1 is 1.48 bits per heavy atom. The fourth-order valence-corrected chi connectivity index (χ4v) is 2.85. The van der Waals surface area contributed by atoms with Crippen LogP contribution in [0.15, 0.2) is 36.7 Å². The van der Waals surface area contributed by atoms with Crippen molar-refractivity contribution < 1.29 is 13.9 Å². The van der Waals surface area contributed by atoms with Crippen LogP contribution in [0.2, 0.25) is 0 Å². The summed E-state index contributed by atoms with van der Waals surface area (Å²) in [4.78, 5) is 12.3. The van der Waals surface area contributed by atoms with Crippen LogP contribution in [0.1, 0.15) is 30.0 Å². The number of carbonyl (C=O) groups is 1. The van der Waals surface area contributed by atoms with Crippen molar-refractivity contribution in [3.8, 4) is 0 Å². The van der Waals surface area contributed by atoms with E-state index in [-0.39, 0.29) is 30.4 Å². The first-order chi connectivity index (χ1) is 11.1. The van der Waals surface area contributed by atoms with E-state index in [9.17, 15) is 9.18 Å². The Morgan fingerprint density at radius 2 is 2.26 bits per heavy atom. The first kappa shape index (κ1) is 15.7. The van der Waals surface area contributed by atoms with E-state index in [0.717, 1.165) is 24.0 Å². The number of aryl methyl sites for hydroxylation is 1. The van der Waals surface area contributed by atoms with E-state index in [1.54, 1.807) is 23.0 Å². The largest absolute Gasteiger partial charge is 0.376 e. The van der Waals surface area contributed by atoms with E-state index in [0.29, 0.717) is 6.61 Å². The van der Waals surface area contributed by atoms with Crippen molar-refractivity contribution in [1.29, 1.82) is 0 Å². The zero-order valence-electron chi connectivity index (χ0n) is 13.0. The number of nitrogens with zero attached hydrogens (tertiary/aromatic N) is 2. The number of carbonyl (C=O) groups excluding carboxylic acids is 1. The Hall–Kier alpha value is -2.21. The van der Waals surface area contributed by atoms with Gasteiger partial charge in [0.1, 0.15) is 12.4 Å². The van der Waals surface area contributed by atoms with Crippen molar-refractivity contribution in [2.75, 3.05) is 6.61 Å². The molecule has 1 aliphatic heterocycles. The molecule has 2 heterocycles. The smallest absolute Gasteiger partial charge is 0.242 e. The van der Waals surface area contributed by atoms with Gasteiger partial charge in [-0.05, 0) is 43.0 Å². The Labute approximate surface area is 134 Å². The predicted molar refractivity (Wildman–Crippen MR) is 83.2 cm³/mol. The molecule has 1 amide bonds. The lowest BCUT2D eigenvalue weighted by Crippen LogP contribution is -2.38. The van der Waals surface area contributed by atoms with Crippen LogP contribution in [0.4, 0.5) is 4.39 Å². The lowest BCUT2D eigenvalue weighted by Gasteiger charge is -2.24. The summed E-state index contributed by atoms with van der Waals surface area (Å²) in [5, 5.41) is 7.13. The summed E-state index contributed by atoms with van der Waals surface area (Å²) in [5.74, 6) is -0.434. The van der Waals surface area contributed by atoms with Crippen LogP contribution < -0.4 is 5.32 Å². The van der Waals surface area contributed by atoms with Gasteiger partial charge in [-0.25, -0.2) is 4.39 Å². The minimum absolute atomic E-state index is 0.0798. The molecule has 0 unspecified atom stereocenters. The minimum Gasteiger partial charge on any atom is -0.376 e. The molecular weight excluding hydrogens is 297 g/mol. The van der Waals surface area contributed by atoms with Crippen LogP contribution in [0.5, 0.6) is 0 Å². The summed E-state index contributed by atoms with van der Waals surface area (Å²) in [6.07, 6.45) is 5.30. The molecule has 23 heavy (non-hydrogen) atoms. The fraction of sp³-hybridized carbons (Fsp3) is 0.412. The highest BCUT2D eigenvalue weighted by molar-refractivity contribution is 5.76. The Morgan fingerprint density at radius 3 is 2.87 bits per heavy atom. The second-order valence-electron chi connectivity index (χ2n) is 5.86. The molecular formula is C17H20FN3O2. The second-order valence-corrected chi connectivity index (χ2v) is 5.86. The molecule has 1 aromatic heterocycles. The third-order valence-electron chi connectivity index (χ3n) is 3.95. The summed E-state index contributed by atoms with van der Waals surface area (Å²) in [6.45, 7) is 2.77. The lowest BCUT2D eigenvalue weighted by molar-refractivity contribution is -0.123. The number of amides is 1. The van der Waals surface area contributed by atoms with Crippen LogP contribution in [0.3, 0.4) is 0 Å². The topological polar surface area (TPSA) is 56.2 Å². The third kappa shape index (κ3) is 3.96. The second kappa shape index (κ2) is 6.91. The van der Waals surface area contributed by atoms with E-state index >= 15 is 0 Å².